The monoisotopic (exact) mass is 348 g/mol. The second kappa shape index (κ2) is 7.34. The van der Waals surface area contributed by atoms with Crippen LogP contribution in [0.1, 0.15) is 36.4 Å². The number of rotatable bonds is 5. The van der Waals surface area contributed by atoms with Gasteiger partial charge >= 0.3 is 0 Å². The molecule has 0 aliphatic carbocycles. The van der Waals surface area contributed by atoms with E-state index in [-0.39, 0.29) is 6.04 Å². The molecule has 3 nitrogen and oxygen atoms in total. The molecule has 0 radical (unpaired) electrons. The number of benzene rings is 1. The maximum absolute atomic E-state index is 10.6. The summed E-state index contributed by atoms with van der Waals surface area (Å²) in [4.78, 5) is 5.99. The summed E-state index contributed by atoms with van der Waals surface area (Å²) in [6.45, 7) is 4.89. The third kappa shape index (κ3) is 4.15. The van der Waals surface area contributed by atoms with Gasteiger partial charge in [0.1, 0.15) is 5.01 Å². The van der Waals surface area contributed by atoms with Gasteiger partial charge in [-0.1, -0.05) is 30.3 Å². The van der Waals surface area contributed by atoms with Crippen molar-refractivity contribution in [3.8, 4) is 10.6 Å². The zero-order valence-electron chi connectivity index (χ0n) is 13.7. The minimum Gasteiger partial charge on any atom is -0.389 e. The molecule has 0 saturated carbocycles. The molecule has 1 fully saturated rings. The first-order chi connectivity index (χ1) is 11.1. The van der Waals surface area contributed by atoms with Crippen LogP contribution in [-0.2, 0) is 0 Å². The average Bonchev–Trinajstić information content (AvgIpc) is 2.96. The molecule has 1 aliphatic heterocycles. The Bertz CT molecular complexity index is 636. The maximum Gasteiger partial charge on any atom is 0.123 e. The molecule has 2 N–H and O–H groups in total. The predicted molar refractivity (Wildman–Crippen MR) is 100 cm³/mol. The Hall–Kier alpha value is -0.880. The molecular formula is C18H24N2OS2. The number of aliphatic hydroxyl groups is 1. The highest BCUT2D eigenvalue weighted by Gasteiger charge is 2.30. The van der Waals surface area contributed by atoms with E-state index in [1.54, 1.807) is 11.3 Å². The summed E-state index contributed by atoms with van der Waals surface area (Å²) in [7, 11) is 0. The van der Waals surface area contributed by atoms with Crippen LogP contribution >= 0.6 is 23.1 Å². The van der Waals surface area contributed by atoms with Crippen molar-refractivity contribution < 1.29 is 5.11 Å². The van der Waals surface area contributed by atoms with E-state index in [0.29, 0.717) is 6.54 Å². The van der Waals surface area contributed by atoms with Crippen molar-refractivity contribution in [2.45, 2.75) is 38.3 Å². The normalized spacial score (nSPS) is 18.7. The first-order valence-corrected chi connectivity index (χ1v) is 10.1. The van der Waals surface area contributed by atoms with Crippen molar-refractivity contribution in [1.82, 2.24) is 10.3 Å². The van der Waals surface area contributed by atoms with Crippen LogP contribution < -0.4 is 5.32 Å². The van der Waals surface area contributed by atoms with Crippen LogP contribution in [-0.4, -0.2) is 33.7 Å². The first kappa shape index (κ1) is 17.0. The Morgan fingerprint density at radius 1 is 1.26 bits per heavy atom. The third-order valence-corrected chi connectivity index (χ3v) is 6.78. The van der Waals surface area contributed by atoms with Crippen molar-refractivity contribution in [1.29, 1.82) is 0 Å². The van der Waals surface area contributed by atoms with E-state index >= 15 is 0 Å². The van der Waals surface area contributed by atoms with E-state index in [0.717, 1.165) is 35.0 Å². The van der Waals surface area contributed by atoms with Crippen molar-refractivity contribution in [3.05, 3.63) is 40.9 Å². The van der Waals surface area contributed by atoms with Gasteiger partial charge in [-0.15, -0.1) is 11.3 Å². The van der Waals surface area contributed by atoms with Crippen LogP contribution in [0.3, 0.4) is 0 Å². The van der Waals surface area contributed by atoms with Crippen molar-refractivity contribution in [3.63, 3.8) is 0 Å². The number of nitrogens with zero attached hydrogens (tertiary/aromatic N) is 1. The van der Waals surface area contributed by atoms with Gasteiger partial charge in [0.2, 0.25) is 0 Å². The van der Waals surface area contributed by atoms with Gasteiger partial charge in [0.25, 0.3) is 0 Å². The van der Waals surface area contributed by atoms with Crippen molar-refractivity contribution in [2.75, 3.05) is 18.1 Å². The molecule has 1 aromatic carbocycles. The molecule has 1 unspecified atom stereocenters. The zero-order chi connectivity index (χ0) is 16.3. The third-order valence-electron chi connectivity index (χ3n) is 4.41. The van der Waals surface area contributed by atoms with Crippen LogP contribution in [0.5, 0.6) is 0 Å². The molecule has 0 amide bonds. The van der Waals surface area contributed by atoms with Crippen LogP contribution in [0.25, 0.3) is 10.6 Å². The number of nitrogens with one attached hydrogen (secondary N) is 1. The van der Waals surface area contributed by atoms with Gasteiger partial charge in [0.15, 0.2) is 0 Å². The fraction of sp³-hybridized carbons (Fsp3) is 0.500. The quantitative estimate of drug-likeness (QED) is 0.856. The van der Waals surface area contributed by atoms with E-state index in [1.165, 1.54) is 10.4 Å². The number of aryl methyl sites for hydroxylation is 1. The molecule has 1 aromatic heterocycles. The Balaban J connectivity index is 1.68. The molecule has 23 heavy (non-hydrogen) atoms. The molecule has 0 bridgehead atoms. The molecule has 5 heteroatoms. The fourth-order valence-corrected chi connectivity index (χ4v) is 5.23. The van der Waals surface area contributed by atoms with Gasteiger partial charge in [-0.3, -0.25) is 0 Å². The summed E-state index contributed by atoms with van der Waals surface area (Å²) < 4.78 is 0. The minimum atomic E-state index is -0.541. The Labute approximate surface area is 146 Å². The highest BCUT2D eigenvalue weighted by Crippen LogP contribution is 2.32. The molecule has 0 spiro atoms. The summed E-state index contributed by atoms with van der Waals surface area (Å²) in [5.74, 6) is 2.12. The number of aromatic nitrogens is 1. The smallest absolute Gasteiger partial charge is 0.123 e. The predicted octanol–water partition coefficient (Wildman–Crippen LogP) is 4.03. The Kier molecular flexibility index (Phi) is 5.42. The SMILES string of the molecule is Cc1nc(-c2ccccc2)sc1C(C)NCC1(O)CCSCC1. The highest BCUT2D eigenvalue weighted by atomic mass is 32.2. The highest BCUT2D eigenvalue weighted by molar-refractivity contribution is 7.99. The van der Waals surface area contributed by atoms with Gasteiger partial charge in [0.05, 0.1) is 11.3 Å². The average molecular weight is 349 g/mol. The minimum absolute atomic E-state index is 0.212. The van der Waals surface area contributed by atoms with Crippen molar-refractivity contribution >= 4 is 23.1 Å². The van der Waals surface area contributed by atoms with Gasteiger partial charge in [-0.25, -0.2) is 4.98 Å². The summed E-state index contributed by atoms with van der Waals surface area (Å²) in [6.07, 6.45) is 1.77. The first-order valence-electron chi connectivity index (χ1n) is 8.14. The second-order valence-corrected chi connectivity index (χ2v) is 8.53. The van der Waals surface area contributed by atoms with Gasteiger partial charge in [-0.05, 0) is 38.2 Å². The molecule has 124 valence electrons. The van der Waals surface area contributed by atoms with E-state index in [4.69, 9.17) is 4.98 Å². The summed E-state index contributed by atoms with van der Waals surface area (Å²) >= 11 is 3.68. The zero-order valence-corrected chi connectivity index (χ0v) is 15.3. The Morgan fingerprint density at radius 3 is 2.65 bits per heavy atom. The number of thiazole rings is 1. The maximum atomic E-state index is 10.6. The standard InChI is InChI=1S/C18H24N2OS2/c1-13(19-12-18(21)8-10-22-11-9-18)16-14(2)20-17(23-16)15-6-4-3-5-7-15/h3-7,13,19,21H,8-12H2,1-2H3. The lowest BCUT2D eigenvalue weighted by atomic mass is 9.96. The summed E-state index contributed by atoms with van der Waals surface area (Å²) in [5, 5.41) is 15.2. The van der Waals surface area contributed by atoms with Crippen LogP contribution in [0.2, 0.25) is 0 Å². The fourth-order valence-electron chi connectivity index (χ4n) is 2.88. The lowest BCUT2D eigenvalue weighted by Gasteiger charge is -2.33. The van der Waals surface area contributed by atoms with E-state index < -0.39 is 5.60 Å². The number of hydrogen-bond acceptors (Lipinski definition) is 5. The largest absolute Gasteiger partial charge is 0.389 e. The van der Waals surface area contributed by atoms with Gasteiger partial charge in [0, 0.05) is 23.0 Å². The molecule has 3 rings (SSSR count). The number of hydrogen-bond donors (Lipinski definition) is 2. The summed E-state index contributed by atoms with van der Waals surface area (Å²) in [5.41, 5.74) is 1.71. The number of thioether (sulfide) groups is 1. The molecular weight excluding hydrogens is 324 g/mol. The van der Waals surface area contributed by atoms with Crippen LogP contribution in [0.4, 0.5) is 0 Å². The van der Waals surface area contributed by atoms with Gasteiger partial charge in [-0.2, -0.15) is 11.8 Å². The Morgan fingerprint density at radius 2 is 1.96 bits per heavy atom. The van der Waals surface area contributed by atoms with E-state index in [1.807, 2.05) is 30.0 Å². The summed E-state index contributed by atoms with van der Waals surface area (Å²) in [6, 6.07) is 10.5. The van der Waals surface area contributed by atoms with E-state index in [9.17, 15) is 5.11 Å². The molecule has 1 saturated heterocycles. The second-order valence-electron chi connectivity index (χ2n) is 6.27. The molecule has 1 atom stereocenters. The molecule has 2 aromatic rings. The van der Waals surface area contributed by atoms with Crippen molar-refractivity contribution in [2.24, 2.45) is 0 Å². The molecule has 2 heterocycles. The van der Waals surface area contributed by atoms with Gasteiger partial charge < -0.3 is 10.4 Å². The van der Waals surface area contributed by atoms with Crippen LogP contribution in [0, 0.1) is 6.92 Å². The van der Waals surface area contributed by atoms with E-state index in [2.05, 4.69) is 31.3 Å². The van der Waals surface area contributed by atoms with Crippen LogP contribution in [0.15, 0.2) is 30.3 Å². The molecule has 1 aliphatic rings. The lowest BCUT2D eigenvalue weighted by molar-refractivity contribution is 0.0301. The lowest BCUT2D eigenvalue weighted by Crippen LogP contribution is -2.44. The topological polar surface area (TPSA) is 45.2 Å².